The summed E-state index contributed by atoms with van der Waals surface area (Å²) in [5.74, 6) is 0.489. The van der Waals surface area contributed by atoms with Crippen molar-refractivity contribution >= 4 is 16.6 Å². The Hall–Kier alpha value is -2.39. The van der Waals surface area contributed by atoms with Gasteiger partial charge in [-0.15, -0.1) is 0 Å². The lowest BCUT2D eigenvalue weighted by atomic mass is 9.95. The Morgan fingerprint density at radius 3 is 2.42 bits per heavy atom. The first-order chi connectivity index (χ1) is 9.27. The molecule has 4 N–H and O–H groups in total. The van der Waals surface area contributed by atoms with Crippen LogP contribution in [0.25, 0.3) is 10.8 Å². The second kappa shape index (κ2) is 4.71. The van der Waals surface area contributed by atoms with Gasteiger partial charge in [-0.3, -0.25) is 0 Å². The van der Waals surface area contributed by atoms with Crippen LogP contribution < -0.4 is 11.5 Å². The molecule has 94 valence electrons. The van der Waals surface area contributed by atoms with Crippen LogP contribution in [0.15, 0.2) is 60.8 Å². The Labute approximate surface area is 111 Å². The second-order valence-corrected chi connectivity index (χ2v) is 4.52. The lowest BCUT2D eigenvalue weighted by Crippen LogP contribution is -2.14. The Morgan fingerprint density at radius 2 is 1.58 bits per heavy atom. The number of hydrogen-bond donors (Lipinski definition) is 2. The van der Waals surface area contributed by atoms with Gasteiger partial charge in [0.1, 0.15) is 5.82 Å². The topological polar surface area (TPSA) is 64.9 Å². The molecule has 1 heterocycles. The molecule has 0 saturated heterocycles. The van der Waals surface area contributed by atoms with Crippen molar-refractivity contribution in [1.29, 1.82) is 0 Å². The van der Waals surface area contributed by atoms with Crippen LogP contribution >= 0.6 is 0 Å². The first-order valence-corrected chi connectivity index (χ1v) is 6.21. The third-order valence-electron chi connectivity index (χ3n) is 3.36. The van der Waals surface area contributed by atoms with Gasteiger partial charge >= 0.3 is 0 Å². The summed E-state index contributed by atoms with van der Waals surface area (Å²) in [6, 6.07) is 17.9. The summed E-state index contributed by atoms with van der Waals surface area (Å²) < 4.78 is 0. The number of nitrogens with zero attached hydrogens (tertiary/aromatic N) is 1. The number of rotatable bonds is 2. The molecule has 0 radical (unpaired) electrons. The number of anilines is 1. The first kappa shape index (κ1) is 11.7. The molecule has 0 spiro atoms. The summed E-state index contributed by atoms with van der Waals surface area (Å²) in [7, 11) is 0. The predicted molar refractivity (Wildman–Crippen MR) is 78.6 cm³/mol. The van der Waals surface area contributed by atoms with Crippen LogP contribution in [0.2, 0.25) is 0 Å². The molecular formula is C16H15N3. The van der Waals surface area contributed by atoms with Crippen molar-refractivity contribution in [2.24, 2.45) is 5.73 Å². The van der Waals surface area contributed by atoms with Crippen molar-refractivity contribution in [3.63, 3.8) is 0 Å². The summed E-state index contributed by atoms with van der Waals surface area (Å²) in [6.45, 7) is 0. The van der Waals surface area contributed by atoms with Crippen LogP contribution in [0.5, 0.6) is 0 Å². The van der Waals surface area contributed by atoms with Gasteiger partial charge in [0.15, 0.2) is 0 Å². The summed E-state index contributed by atoms with van der Waals surface area (Å²) in [5, 5.41) is 2.33. The zero-order chi connectivity index (χ0) is 13.2. The standard InChI is InChI=1S/C16H15N3/c17-15(14-9-4-10-19-16(14)18)13-8-3-6-11-5-1-2-7-12(11)13/h1-10,15H,17H2,(H2,18,19). The molecule has 1 aromatic heterocycles. The Morgan fingerprint density at radius 1 is 0.842 bits per heavy atom. The highest BCUT2D eigenvalue weighted by Crippen LogP contribution is 2.28. The number of nitrogens with two attached hydrogens (primary N) is 2. The van der Waals surface area contributed by atoms with Crippen LogP contribution in [-0.4, -0.2) is 4.98 Å². The summed E-state index contributed by atoms with van der Waals surface area (Å²) >= 11 is 0. The van der Waals surface area contributed by atoms with Gasteiger partial charge in [-0.1, -0.05) is 48.5 Å². The van der Waals surface area contributed by atoms with E-state index in [9.17, 15) is 0 Å². The highest BCUT2D eigenvalue weighted by Gasteiger charge is 2.14. The van der Waals surface area contributed by atoms with E-state index in [1.165, 1.54) is 5.39 Å². The lowest BCUT2D eigenvalue weighted by Gasteiger charge is -2.16. The molecule has 3 aromatic rings. The van der Waals surface area contributed by atoms with Crippen LogP contribution in [0.4, 0.5) is 5.82 Å². The molecule has 0 saturated carbocycles. The maximum Gasteiger partial charge on any atom is 0.128 e. The maximum atomic E-state index is 6.36. The fourth-order valence-corrected chi connectivity index (χ4v) is 2.38. The second-order valence-electron chi connectivity index (χ2n) is 4.52. The van der Waals surface area contributed by atoms with Crippen LogP contribution in [0.1, 0.15) is 17.2 Å². The Balaban J connectivity index is 2.17. The van der Waals surface area contributed by atoms with E-state index in [4.69, 9.17) is 11.5 Å². The molecule has 3 rings (SSSR count). The molecule has 0 fully saturated rings. The van der Waals surface area contributed by atoms with E-state index in [0.717, 1.165) is 16.5 Å². The zero-order valence-electron chi connectivity index (χ0n) is 10.5. The molecule has 1 unspecified atom stereocenters. The molecule has 0 amide bonds. The minimum absolute atomic E-state index is 0.264. The van der Waals surface area contributed by atoms with Gasteiger partial charge in [0.05, 0.1) is 6.04 Å². The van der Waals surface area contributed by atoms with E-state index in [1.54, 1.807) is 6.20 Å². The largest absolute Gasteiger partial charge is 0.383 e. The highest BCUT2D eigenvalue weighted by atomic mass is 14.8. The highest BCUT2D eigenvalue weighted by molar-refractivity contribution is 5.86. The monoisotopic (exact) mass is 249 g/mol. The van der Waals surface area contributed by atoms with E-state index in [0.29, 0.717) is 5.82 Å². The maximum absolute atomic E-state index is 6.36. The molecule has 0 aliphatic heterocycles. The van der Waals surface area contributed by atoms with Crippen LogP contribution in [0.3, 0.4) is 0 Å². The quantitative estimate of drug-likeness (QED) is 0.734. The fourth-order valence-electron chi connectivity index (χ4n) is 2.38. The third kappa shape index (κ3) is 2.04. The minimum Gasteiger partial charge on any atom is -0.383 e. The SMILES string of the molecule is Nc1ncccc1C(N)c1cccc2ccccc12. The molecular weight excluding hydrogens is 234 g/mol. The summed E-state index contributed by atoms with van der Waals surface area (Å²) in [5.41, 5.74) is 14.2. The number of hydrogen-bond acceptors (Lipinski definition) is 3. The van der Waals surface area contributed by atoms with E-state index in [-0.39, 0.29) is 6.04 Å². The van der Waals surface area contributed by atoms with Gasteiger partial charge in [0.25, 0.3) is 0 Å². The van der Waals surface area contributed by atoms with Gasteiger partial charge in [-0.2, -0.15) is 0 Å². The summed E-state index contributed by atoms with van der Waals surface area (Å²) in [6.07, 6.45) is 1.68. The average Bonchev–Trinajstić information content (AvgIpc) is 2.46. The van der Waals surface area contributed by atoms with Gasteiger partial charge in [0, 0.05) is 11.8 Å². The molecule has 1 atom stereocenters. The van der Waals surface area contributed by atoms with E-state index < -0.39 is 0 Å². The molecule has 19 heavy (non-hydrogen) atoms. The number of nitrogen functional groups attached to an aromatic ring is 1. The van der Waals surface area contributed by atoms with Crippen LogP contribution in [-0.2, 0) is 0 Å². The minimum atomic E-state index is -0.264. The normalized spacial score (nSPS) is 12.5. The van der Waals surface area contributed by atoms with Gasteiger partial charge in [0.2, 0.25) is 0 Å². The zero-order valence-corrected chi connectivity index (χ0v) is 10.5. The molecule has 0 aliphatic carbocycles. The fraction of sp³-hybridized carbons (Fsp3) is 0.0625. The van der Waals surface area contributed by atoms with Crippen molar-refractivity contribution in [2.45, 2.75) is 6.04 Å². The van der Waals surface area contributed by atoms with Crippen molar-refractivity contribution in [1.82, 2.24) is 4.98 Å². The number of fused-ring (bicyclic) bond motifs is 1. The smallest absolute Gasteiger partial charge is 0.128 e. The van der Waals surface area contributed by atoms with Gasteiger partial charge in [-0.25, -0.2) is 4.98 Å². The Kier molecular flexibility index (Phi) is 2.89. The van der Waals surface area contributed by atoms with E-state index in [2.05, 4.69) is 23.2 Å². The number of benzene rings is 2. The third-order valence-corrected chi connectivity index (χ3v) is 3.36. The van der Waals surface area contributed by atoms with Crippen LogP contribution in [0, 0.1) is 0 Å². The number of pyridine rings is 1. The lowest BCUT2D eigenvalue weighted by molar-refractivity contribution is 0.877. The molecule has 3 nitrogen and oxygen atoms in total. The Bertz CT molecular complexity index is 717. The first-order valence-electron chi connectivity index (χ1n) is 6.21. The van der Waals surface area contributed by atoms with Crippen molar-refractivity contribution in [2.75, 3.05) is 5.73 Å². The van der Waals surface area contributed by atoms with Gasteiger partial charge < -0.3 is 11.5 Å². The molecule has 0 aliphatic rings. The van der Waals surface area contributed by atoms with Crippen molar-refractivity contribution < 1.29 is 0 Å². The van der Waals surface area contributed by atoms with Crippen molar-refractivity contribution in [3.05, 3.63) is 71.9 Å². The number of aromatic nitrogens is 1. The van der Waals surface area contributed by atoms with Crippen molar-refractivity contribution in [3.8, 4) is 0 Å². The molecule has 3 heteroatoms. The van der Waals surface area contributed by atoms with Gasteiger partial charge in [-0.05, 0) is 22.4 Å². The average molecular weight is 249 g/mol. The van der Waals surface area contributed by atoms with E-state index in [1.807, 2.05) is 36.4 Å². The van der Waals surface area contributed by atoms with E-state index >= 15 is 0 Å². The molecule has 0 bridgehead atoms. The molecule has 2 aromatic carbocycles. The summed E-state index contributed by atoms with van der Waals surface area (Å²) in [4.78, 5) is 4.10. The predicted octanol–water partition coefficient (Wildman–Crippen LogP) is 2.87.